The molecule has 0 unspecified atom stereocenters. The van der Waals surface area contributed by atoms with E-state index < -0.39 is 67.8 Å². The monoisotopic (exact) mass is 693 g/mol. The number of ketones is 1. The number of likely N-dealkylation sites (N-methyl/N-ethyl adjacent to an activating group) is 1. The SMILES string of the molecule is CCCC[C@H](NC(=O)[C@@H]1[C@H]2CCC[C@H]2CN1C(=O)[C@@H](NC(=O)NC1([C@@H]2CCCCS2(=O)=O)CCCCC1)C(C)(C)C)C(=O)C(=O)NCC. The quantitative estimate of drug-likeness (QED) is 0.227. The summed E-state index contributed by atoms with van der Waals surface area (Å²) in [7, 11) is -3.38. The molecule has 0 spiro atoms. The van der Waals surface area contributed by atoms with E-state index >= 15 is 0 Å². The molecule has 13 heteroatoms. The van der Waals surface area contributed by atoms with Crippen molar-refractivity contribution in [1.29, 1.82) is 0 Å². The summed E-state index contributed by atoms with van der Waals surface area (Å²) >= 11 is 0. The highest BCUT2D eigenvalue weighted by Crippen LogP contribution is 2.43. The van der Waals surface area contributed by atoms with Gasteiger partial charge in [-0.25, -0.2) is 13.2 Å². The largest absolute Gasteiger partial charge is 0.350 e. The van der Waals surface area contributed by atoms with Gasteiger partial charge in [-0.05, 0) is 69.1 Å². The Morgan fingerprint density at radius 1 is 0.896 bits per heavy atom. The second kappa shape index (κ2) is 15.9. The number of hydrogen-bond acceptors (Lipinski definition) is 7. The number of amides is 5. The van der Waals surface area contributed by atoms with Gasteiger partial charge in [0.05, 0.1) is 22.6 Å². The zero-order valence-electron chi connectivity index (χ0n) is 29.7. The van der Waals surface area contributed by atoms with Crippen LogP contribution in [-0.4, -0.2) is 90.6 Å². The summed E-state index contributed by atoms with van der Waals surface area (Å²) in [6.45, 7) is 9.92. The number of hydrogen-bond donors (Lipinski definition) is 4. The average molecular weight is 694 g/mol. The molecule has 48 heavy (non-hydrogen) atoms. The molecular weight excluding hydrogens is 634 g/mol. The molecule has 12 nitrogen and oxygen atoms in total. The molecule has 6 atom stereocenters. The van der Waals surface area contributed by atoms with Crippen molar-refractivity contribution in [1.82, 2.24) is 26.2 Å². The van der Waals surface area contributed by atoms with E-state index in [-0.39, 0.29) is 23.5 Å². The maximum Gasteiger partial charge on any atom is 0.315 e. The molecule has 0 aromatic carbocycles. The van der Waals surface area contributed by atoms with Crippen LogP contribution < -0.4 is 21.3 Å². The van der Waals surface area contributed by atoms with E-state index in [1.807, 2.05) is 27.7 Å². The van der Waals surface area contributed by atoms with E-state index in [1.165, 1.54) is 0 Å². The highest BCUT2D eigenvalue weighted by Gasteiger charge is 2.53. The number of rotatable bonds is 12. The van der Waals surface area contributed by atoms with Gasteiger partial charge in [-0.3, -0.25) is 19.2 Å². The zero-order valence-corrected chi connectivity index (χ0v) is 30.5. The van der Waals surface area contributed by atoms with Crippen molar-refractivity contribution in [3.63, 3.8) is 0 Å². The molecule has 4 N–H and O–H groups in total. The van der Waals surface area contributed by atoms with Crippen LogP contribution in [0.15, 0.2) is 0 Å². The third-order valence-electron chi connectivity index (χ3n) is 11.2. The van der Waals surface area contributed by atoms with Crippen molar-refractivity contribution in [3.8, 4) is 0 Å². The number of sulfone groups is 1. The van der Waals surface area contributed by atoms with Crippen LogP contribution in [0.3, 0.4) is 0 Å². The van der Waals surface area contributed by atoms with Crippen LogP contribution >= 0.6 is 0 Å². The lowest BCUT2D eigenvalue weighted by Gasteiger charge is -2.45. The second-order valence-corrected chi connectivity index (χ2v) is 18.0. The number of fused-ring (bicyclic) bond motifs is 1. The molecule has 0 radical (unpaired) electrons. The minimum atomic E-state index is -3.38. The van der Waals surface area contributed by atoms with Gasteiger partial charge in [0, 0.05) is 13.1 Å². The number of Topliss-reactive ketones (excluding diaryl/α,β-unsaturated/α-hetero) is 1. The van der Waals surface area contributed by atoms with Gasteiger partial charge in [-0.1, -0.05) is 72.6 Å². The Morgan fingerprint density at radius 2 is 1.60 bits per heavy atom. The second-order valence-electron chi connectivity index (χ2n) is 15.7. The van der Waals surface area contributed by atoms with Gasteiger partial charge >= 0.3 is 6.03 Å². The van der Waals surface area contributed by atoms with Crippen molar-refractivity contribution in [3.05, 3.63) is 0 Å². The zero-order chi connectivity index (χ0) is 35.3. The third-order valence-corrected chi connectivity index (χ3v) is 13.6. The smallest absolute Gasteiger partial charge is 0.315 e. The first-order valence-electron chi connectivity index (χ1n) is 18.4. The first kappa shape index (κ1) is 38.1. The summed E-state index contributed by atoms with van der Waals surface area (Å²) in [6.07, 6.45) is 10.0. The maximum absolute atomic E-state index is 14.5. The van der Waals surface area contributed by atoms with Crippen molar-refractivity contribution in [2.45, 2.75) is 153 Å². The average Bonchev–Trinajstić information content (AvgIpc) is 3.63. The molecule has 4 rings (SSSR count). The number of carbonyl (C=O) groups is 5. The molecule has 0 aromatic heterocycles. The van der Waals surface area contributed by atoms with E-state index in [9.17, 15) is 32.4 Å². The van der Waals surface area contributed by atoms with Crippen LogP contribution in [0, 0.1) is 17.3 Å². The Balaban J connectivity index is 1.56. The molecule has 5 amide bonds. The van der Waals surface area contributed by atoms with Gasteiger partial charge in [0.25, 0.3) is 5.91 Å². The van der Waals surface area contributed by atoms with Crippen LogP contribution in [0.2, 0.25) is 0 Å². The number of unbranched alkanes of at least 4 members (excludes halogenated alkanes) is 1. The molecule has 2 saturated carbocycles. The molecule has 0 bridgehead atoms. The van der Waals surface area contributed by atoms with E-state index in [0.29, 0.717) is 51.6 Å². The van der Waals surface area contributed by atoms with E-state index in [2.05, 4.69) is 21.3 Å². The molecule has 0 aromatic rings. The summed E-state index contributed by atoms with van der Waals surface area (Å²) in [5.41, 5.74) is -1.62. The lowest BCUT2D eigenvalue weighted by molar-refractivity contribution is -0.144. The predicted octanol–water partition coefficient (Wildman–Crippen LogP) is 3.38. The van der Waals surface area contributed by atoms with E-state index in [1.54, 1.807) is 11.8 Å². The van der Waals surface area contributed by atoms with E-state index in [0.717, 1.165) is 51.4 Å². The topological polar surface area (TPSA) is 171 Å². The minimum absolute atomic E-state index is 0.0863. The Morgan fingerprint density at radius 3 is 2.23 bits per heavy atom. The van der Waals surface area contributed by atoms with Crippen molar-refractivity contribution in [2.75, 3.05) is 18.8 Å². The number of urea groups is 1. The summed E-state index contributed by atoms with van der Waals surface area (Å²) in [6, 6.07) is -3.39. The summed E-state index contributed by atoms with van der Waals surface area (Å²) in [4.78, 5) is 69.5. The molecule has 4 fully saturated rings. The fourth-order valence-electron chi connectivity index (χ4n) is 8.70. The van der Waals surface area contributed by atoms with Gasteiger partial charge in [-0.15, -0.1) is 0 Å². The van der Waals surface area contributed by atoms with Gasteiger partial charge in [-0.2, -0.15) is 0 Å². The third kappa shape index (κ3) is 8.53. The number of likely N-dealkylation sites (tertiary alicyclic amines) is 1. The lowest BCUT2D eigenvalue weighted by atomic mass is 9.77. The lowest BCUT2D eigenvalue weighted by Crippen LogP contribution is -2.66. The van der Waals surface area contributed by atoms with Gasteiger partial charge in [0.1, 0.15) is 12.1 Å². The van der Waals surface area contributed by atoms with Crippen LogP contribution in [0.1, 0.15) is 125 Å². The minimum Gasteiger partial charge on any atom is -0.350 e. The molecule has 272 valence electrons. The molecular formula is C35H59N5O7S. The van der Waals surface area contributed by atoms with Crippen LogP contribution in [0.5, 0.6) is 0 Å². The standard InChI is InChI=1S/C35H59N5O7S/c1-6-8-17-25(28(41)31(43)36-7-2)37-30(42)27-24-16-14-15-23(24)22-40(27)32(44)29(34(3,4)5)38-33(45)39-35(19-11-9-12-20-35)26-18-10-13-21-48(26,46)47/h23-27,29H,6-22H2,1-5H3,(H,36,43)(H,37,42)(H2,38,39,45)/t23-,24-,25-,26-,27-,29+/m0/s1. The highest BCUT2D eigenvalue weighted by atomic mass is 32.2. The molecule has 2 saturated heterocycles. The predicted molar refractivity (Wildman–Crippen MR) is 184 cm³/mol. The maximum atomic E-state index is 14.5. The van der Waals surface area contributed by atoms with E-state index in [4.69, 9.17) is 0 Å². The number of nitrogens with zero attached hydrogens (tertiary/aromatic N) is 1. The normalized spacial score (nSPS) is 27.6. The Hall–Kier alpha value is -2.70. The number of nitrogens with one attached hydrogen (secondary N) is 4. The Bertz CT molecular complexity index is 1310. The molecule has 2 aliphatic heterocycles. The molecule has 2 heterocycles. The summed E-state index contributed by atoms with van der Waals surface area (Å²) in [5, 5.41) is 10.8. The Labute approximate surface area is 287 Å². The molecule has 2 aliphatic carbocycles. The van der Waals surface area contributed by atoms with Gasteiger partial charge < -0.3 is 26.2 Å². The van der Waals surface area contributed by atoms with Gasteiger partial charge in [0.15, 0.2) is 9.84 Å². The highest BCUT2D eigenvalue weighted by molar-refractivity contribution is 7.92. The number of carbonyl (C=O) groups excluding carboxylic acids is 5. The van der Waals surface area contributed by atoms with Crippen molar-refractivity contribution in [2.24, 2.45) is 17.3 Å². The Kier molecular flexibility index (Phi) is 12.6. The summed E-state index contributed by atoms with van der Waals surface area (Å²) < 4.78 is 26.5. The molecule has 4 aliphatic rings. The van der Waals surface area contributed by atoms with Crippen molar-refractivity contribution < 1.29 is 32.4 Å². The van der Waals surface area contributed by atoms with Crippen molar-refractivity contribution >= 4 is 39.4 Å². The first-order valence-corrected chi connectivity index (χ1v) is 20.1. The first-order chi connectivity index (χ1) is 22.6. The van der Waals surface area contributed by atoms with Crippen LogP contribution in [0.4, 0.5) is 4.79 Å². The van der Waals surface area contributed by atoms with Crippen LogP contribution in [0.25, 0.3) is 0 Å². The van der Waals surface area contributed by atoms with Crippen LogP contribution in [-0.2, 0) is 29.0 Å². The fourth-order valence-corrected chi connectivity index (χ4v) is 11.1. The summed E-state index contributed by atoms with van der Waals surface area (Å²) in [5.74, 6) is -2.10. The fraction of sp³-hybridized carbons (Fsp3) is 0.857. The van der Waals surface area contributed by atoms with Gasteiger partial charge in [0.2, 0.25) is 17.6 Å².